The molecule has 0 aliphatic carbocycles. The lowest BCUT2D eigenvalue weighted by Crippen LogP contribution is -2.27. The van der Waals surface area contributed by atoms with Crippen LogP contribution in [0.2, 0.25) is 0 Å². The molecule has 2 rings (SSSR count). The van der Waals surface area contributed by atoms with E-state index < -0.39 is 0 Å². The second-order valence-corrected chi connectivity index (χ2v) is 6.19. The van der Waals surface area contributed by atoms with Crippen molar-refractivity contribution in [1.82, 2.24) is 20.2 Å². The third-order valence-electron chi connectivity index (χ3n) is 3.77. The van der Waals surface area contributed by atoms with Crippen LogP contribution in [0.5, 0.6) is 0 Å². The van der Waals surface area contributed by atoms with Gasteiger partial charge in [-0.05, 0) is 44.7 Å². The monoisotopic (exact) mass is 318 g/mol. The molecule has 4 nitrogen and oxygen atoms in total. The first-order valence-electron chi connectivity index (χ1n) is 8.11. The summed E-state index contributed by atoms with van der Waals surface area (Å²) in [6, 6.07) is 4.01. The van der Waals surface area contributed by atoms with Crippen LogP contribution < -0.4 is 5.32 Å². The van der Waals surface area contributed by atoms with Crippen molar-refractivity contribution in [3.63, 3.8) is 0 Å². The molecule has 2 aromatic rings. The van der Waals surface area contributed by atoms with Gasteiger partial charge in [0, 0.05) is 36.3 Å². The van der Waals surface area contributed by atoms with E-state index in [0.717, 1.165) is 43.9 Å². The number of rotatable bonds is 10. The van der Waals surface area contributed by atoms with Crippen molar-refractivity contribution in [3.8, 4) is 11.3 Å². The van der Waals surface area contributed by atoms with Crippen LogP contribution >= 0.6 is 11.3 Å². The Labute approximate surface area is 137 Å². The Morgan fingerprint density at radius 3 is 2.64 bits per heavy atom. The zero-order chi connectivity index (χ0) is 15.6. The average molecular weight is 318 g/mol. The van der Waals surface area contributed by atoms with Crippen molar-refractivity contribution >= 4 is 11.3 Å². The third kappa shape index (κ3) is 5.48. The molecule has 0 bridgehead atoms. The maximum atomic E-state index is 4.70. The summed E-state index contributed by atoms with van der Waals surface area (Å²) in [5, 5.41) is 6.84. The Morgan fingerprint density at radius 1 is 1.14 bits per heavy atom. The van der Waals surface area contributed by atoms with E-state index in [9.17, 15) is 0 Å². The fourth-order valence-electron chi connectivity index (χ4n) is 2.37. The van der Waals surface area contributed by atoms with Gasteiger partial charge >= 0.3 is 0 Å². The van der Waals surface area contributed by atoms with E-state index in [2.05, 4.69) is 34.4 Å². The normalized spacial score (nSPS) is 11.2. The summed E-state index contributed by atoms with van der Waals surface area (Å²) in [7, 11) is 0. The van der Waals surface area contributed by atoms with Gasteiger partial charge in [-0.25, -0.2) is 4.98 Å². The maximum absolute atomic E-state index is 4.70. The van der Waals surface area contributed by atoms with Gasteiger partial charge in [0.15, 0.2) is 0 Å². The number of aromatic nitrogens is 2. The van der Waals surface area contributed by atoms with Gasteiger partial charge in [-0.15, -0.1) is 11.3 Å². The van der Waals surface area contributed by atoms with Crippen LogP contribution in [0, 0.1) is 0 Å². The van der Waals surface area contributed by atoms with Crippen LogP contribution in [-0.2, 0) is 6.42 Å². The molecule has 5 heteroatoms. The van der Waals surface area contributed by atoms with Gasteiger partial charge in [-0.3, -0.25) is 4.98 Å². The lowest BCUT2D eigenvalue weighted by atomic mass is 10.2. The minimum absolute atomic E-state index is 1.00. The molecule has 0 atom stereocenters. The van der Waals surface area contributed by atoms with E-state index >= 15 is 0 Å². The van der Waals surface area contributed by atoms with Crippen molar-refractivity contribution in [2.75, 3.05) is 32.7 Å². The summed E-state index contributed by atoms with van der Waals surface area (Å²) in [5.41, 5.74) is 2.20. The Kier molecular flexibility index (Phi) is 7.49. The van der Waals surface area contributed by atoms with Gasteiger partial charge in [0.2, 0.25) is 0 Å². The van der Waals surface area contributed by atoms with Crippen LogP contribution in [0.1, 0.15) is 25.3 Å². The molecule has 1 N–H and O–H groups in total. The van der Waals surface area contributed by atoms with Gasteiger partial charge in [0.25, 0.3) is 0 Å². The SMILES string of the molecule is CCN(CC)CCCNCCc1nc(-c2ccncc2)cs1. The van der Waals surface area contributed by atoms with Crippen molar-refractivity contribution < 1.29 is 0 Å². The molecule has 0 saturated heterocycles. The van der Waals surface area contributed by atoms with Crippen molar-refractivity contribution in [2.45, 2.75) is 26.7 Å². The summed E-state index contributed by atoms with van der Waals surface area (Å²) in [6.07, 6.45) is 5.83. The van der Waals surface area contributed by atoms with Crippen LogP contribution in [0.3, 0.4) is 0 Å². The summed E-state index contributed by atoms with van der Waals surface area (Å²) in [5.74, 6) is 0. The zero-order valence-electron chi connectivity index (χ0n) is 13.6. The van der Waals surface area contributed by atoms with Crippen LogP contribution in [0.15, 0.2) is 29.9 Å². The average Bonchev–Trinajstić information content (AvgIpc) is 3.04. The molecule has 2 aromatic heterocycles. The topological polar surface area (TPSA) is 41.0 Å². The minimum Gasteiger partial charge on any atom is -0.316 e. The Balaban J connectivity index is 1.65. The smallest absolute Gasteiger partial charge is 0.0945 e. The molecule has 0 saturated carbocycles. The molecule has 22 heavy (non-hydrogen) atoms. The minimum atomic E-state index is 1.00. The predicted octanol–water partition coefficient (Wildman–Crippen LogP) is 3.07. The molecule has 0 fully saturated rings. The summed E-state index contributed by atoms with van der Waals surface area (Å²) >= 11 is 1.74. The second-order valence-electron chi connectivity index (χ2n) is 5.24. The van der Waals surface area contributed by atoms with Gasteiger partial charge < -0.3 is 10.2 Å². The molecule has 0 amide bonds. The largest absolute Gasteiger partial charge is 0.316 e. The Bertz CT molecular complexity index is 522. The fourth-order valence-corrected chi connectivity index (χ4v) is 3.18. The first-order chi connectivity index (χ1) is 10.8. The molecule has 0 aromatic carbocycles. The van der Waals surface area contributed by atoms with Gasteiger partial charge in [0.05, 0.1) is 10.7 Å². The summed E-state index contributed by atoms with van der Waals surface area (Å²) in [4.78, 5) is 11.2. The predicted molar refractivity (Wildman–Crippen MR) is 94.3 cm³/mol. The molecule has 120 valence electrons. The molecule has 2 heterocycles. The van der Waals surface area contributed by atoms with Gasteiger partial charge in [0.1, 0.15) is 0 Å². The molecule has 0 aliphatic rings. The van der Waals surface area contributed by atoms with E-state index in [1.54, 1.807) is 11.3 Å². The Morgan fingerprint density at radius 2 is 1.91 bits per heavy atom. The number of nitrogens with one attached hydrogen (secondary N) is 1. The molecule has 0 unspecified atom stereocenters. The molecule has 0 radical (unpaired) electrons. The van der Waals surface area contributed by atoms with E-state index in [1.165, 1.54) is 18.0 Å². The molecule has 0 aliphatic heterocycles. The first-order valence-corrected chi connectivity index (χ1v) is 8.99. The number of hydrogen-bond donors (Lipinski definition) is 1. The number of nitrogens with zero attached hydrogens (tertiary/aromatic N) is 3. The highest BCUT2D eigenvalue weighted by atomic mass is 32.1. The number of hydrogen-bond acceptors (Lipinski definition) is 5. The zero-order valence-corrected chi connectivity index (χ0v) is 14.4. The van der Waals surface area contributed by atoms with Crippen LogP contribution in [0.4, 0.5) is 0 Å². The lowest BCUT2D eigenvalue weighted by molar-refractivity contribution is 0.298. The Hall–Kier alpha value is -1.30. The van der Waals surface area contributed by atoms with Gasteiger partial charge in [-0.2, -0.15) is 0 Å². The first kappa shape index (κ1) is 17.1. The standard InChI is InChI=1S/C17H26N4S/c1-3-21(4-2)13-5-9-18-12-8-17-20-16(14-22-17)15-6-10-19-11-7-15/h6-7,10-11,14,18H,3-5,8-9,12-13H2,1-2H3. The molecular formula is C17H26N4S. The highest BCUT2D eigenvalue weighted by Crippen LogP contribution is 2.21. The van der Waals surface area contributed by atoms with Crippen molar-refractivity contribution in [2.24, 2.45) is 0 Å². The highest BCUT2D eigenvalue weighted by molar-refractivity contribution is 7.09. The van der Waals surface area contributed by atoms with Crippen molar-refractivity contribution in [1.29, 1.82) is 0 Å². The highest BCUT2D eigenvalue weighted by Gasteiger charge is 2.04. The number of thiazole rings is 1. The third-order valence-corrected chi connectivity index (χ3v) is 4.67. The summed E-state index contributed by atoms with van der Waals surface area (Å²) in [6.45, 7) is 10.0. The van der Waals surface area contributed by atoms with E-state index in [-0.39, 0.29) is 0 Å². The molecule has 0 spiro atoms. The van der Waals surface area contributed by atoms with Crippen molar-refractivity contribution in [3.05, 3.63) is 34.9 Å². The maximum Gasteiger partial charge on any atom is 0.0945 e. The molecular weight excluding hydrogens is 292 g/mol. The van der Waals surface area contributed by atoms with E-state index in [0.29, 0.717) is 0 Å². The van der Waals surface area contributed by atoms with Gasteiger partial charge in [-0.1, -0.05) is 13.8 Å². The lowest BCUT2D eigenvalue weighted by Gasteiger charge is -2.17. The van der Waals surface area contributed by atoms with Crippen LogP contribution in [-0.4, -0.2) is 47.6 Å². The second kappa shape index (κ2) is 9.66. The quantitative estimate of drug-likeness (QED) is 0.684. The van der Waals surface area contributed by atoms with E-state index in [1.807, 2.05) is 24.5 Å². The van der Waals surface area contributed by atoms with E-state index in [4.69, 9.17) is 4.98 Å². The number of pyridine rings is 1. The summed E-state index contributed by atoms with van der Waals surface area (Å²) < 4.78 is 0. The van der Waals surface area contributed by atoms with Crippen LogP contribution in [0.25, 0.3) is 11.3 Å². The fraction of sp³-hybridized carbons (Fsp3) is 0.529.